The van der Waals surface area contributed by atoms with Crippen molar-refractivity contribution >= 4 is 11.6 Å². The number of halogens is 1. The highest BCUT2D eigenvalue weighted by Crippen LogP contribution is 2.25. The zero-order chi connectivity index (χ0) is 20.2. The Morgan fingerprint density at radius 2 is 1.79 bits per heavy atom. The smallest absolute Gasteiger partial charge is 0.280 e. The molecule has 0 unspecified atom stereocenters. The minimum Gasteiger partial charge on any atom is -0.306 e. The second-order valence-corrected chi connectivity index (χ2v) is 7.47. The Bertz CT molecular complexity index is 949. The Balaban J connectivity index is 1.56. The second-order valence-electron chi connectivity index (χ2n) is 7.47. The molecule has 1 amide bonds. The van der Waals surface area contributed by atoms with Crippen LogP contribution >= 0.6 is 0 Å². The molecular formula is C22H24FN5O. The highest BCUT2D eigenvalue weighted by molar-refractivity contribution is 6.05. The molecule has 1 aliphatic heterocycles. The number of para-hydroxylation sites is 1. The first-order chi connectivity index (χ1) is 14.1. The van der Waals surface area contributed by atoms with Crippen molar-refractivity contribution in [2.24, 2.45) is 0 Å². The highest BCUT2D eigenvalue weighted by atomic mass is 19.1. The minimum absolute atomic E-state index is 0.128. The maximum absolute atomic E-state index is 13.4. The molecule has 0 bridgehead atoms. The van der Waals surface area contributed by atoms with E-state index in [9.17, 15) is 9.18 Å². The van der Waals surface area contributed by atoms with Crippen LogP contribution in [0.5, 0.6) is 0 Å². The molecule has 6 nitrogen and oxygen atoms in total. The molecule has 1 saturated heterocycles. The van der Waals surface area contributed by atoms with Gasteiger partial charge in [-0.2, -0.15) is 0 Å². The number of hydrogen-bond acceptors (Lipinski definition) is 4. The summed E-state index contributed by atoms with van der Waals surface area (Å²) in [6, 6.07) is 16.1. The maximum Gasteiger partial charge on any atom is 0.280 e. The number of benzene rings is 2. The Morgan fingerprint density at radius 1 is 1.10 bits per heavy atom. The highest BCUT2D eigenvalue weighted by Gasteiger charge is 2.30. The van der Waals surface area contributed by atoms with Gasteiger partial charge in [0.05, 0.1) is 12.7 Å². The molecule has 29 heavy (non-hydrogen) atoms. The number of carbonyl (C=O) groups excluding carboxylic acids is 1. The lowest BCUT2D eigenvalue weighted by molar-refractivity contribution is 0.0959. The van der Waals surface area contributed by atoms with E-state index >= 15 is 0 Å². The summed E-state index contributed by atoms with van der Waals surface area (Å²) in [4.78, 5) is 17.5. The molecule has 150 valence electrons. The minimum atomic E-state index is -0.278. The predicted molar refractivity (Wildman–Crippen MR) is 109 cm³/mol. The molecule has 0 spiro atoms. The molecular weight excluding hydrogens is 369 g/mol. The normalized spacial score (nSPS) is 15.4. The zero-order valence-corrected chi connectivity index (χ0v) is 16.4. The lowest BCUT2D eigenvalue weighted by atomic mass is 10.0. The third kappa shape index (κ3) is 4.51. The van der Waals surface area contributed by atoms with Crippen molar-refractivity contribution in [3.63, 3.8) is 0 Å². The average molecular weight is 393 g/mol. The molecule has 0 radical (unpaired) electrons. The van der Waals surface area contributed by atoms with Crippen LogP contribution in [-0.2, 0) is 6.54 Å². The van der Waals surface area contributed by atoms with Crippen LogP contribution in [0.3, 0.4) is 0 Å². The zero-order valence-electron chi connectivity index (χ0n) is 16.4. The number of likely N-dealkylation sites (tertiary alicyclic amines) is 1. The molecule has 0 saturated carbocycles. The van der Waals surface area contributed by atoms with Gasteiger partial charge in [-0.1, -0.05) is 35.5 Å². The number of nitrogens with zero attached hydrogens (tertiary/aromatic N) is 5. The Hall–Kier alpha value is -3.06. The van der Waals surface area contributed by atoms with E-state index in [1.54, 1.807) is 23.0 Å². The fourth-order valence-electron chi connectivity index (χ4n) is 3.71. The van der Waals surface area contributed by atoms with Gasteiger partial charge in [-0.3, -0.25) is 4.79 Å². The van der Waals surface area contributed by atoms with Gasteiger partial charge in [-0.05, 0) is 62.8 Å². The number of piperidine rings is 1. The van der Waals surface area contributed by atoms with Crippen molar-refractivity contribution in [2.45, 2.75) is 25.4 Å². The van der Waals surface area contributed by atoms with E-state index in [1.807, 2.05) is 35.2 Å². The molecule has 1 aliphatic rings. The van der Waals surface area contributed by atoms with Crippen molar-refractivity contribution in [1.29, 1.82) is 0 Å². The van der Waals surface area contributed by atoms with Crippen LogP contribution in [-0.4, -0.2) is 52.0 Å². The van der Waals surface area contributed by atoms with Gasteiger partial charge in [0.15, 0.2) is 5.69 Å². The first kappa shape index (κ1) is 19.3. The number of anilines is 1. The van der Waals surface area contributed by atoms with Crippen molar-refractivity contribution in [1.82, 2.24) is 19.9 Å². The fourth-order valence-corrected chi connectivity index (χ4v) is 3.71. The number of carbonyl (C=O) groups is 1. The van der Waals surface area contributed by atoms with E-state index in [4.69, 9.17) is 0 Å². The molecule has 7 heteroatoms. The van der Waals surface area contributed by atoms with Gasteiger partial charge in [-0.15, -0.1) is 5.10 Å². The Morgan fingerprint density at radius 3 is 2.48 bits per heavy atom. The average Bonchev–Trinajstić information content (AvgIpc) is 3.21. The van der Waals surface area contributed by atoms with Crippen LogP contribution in [0.25, 0.3) is 0 Å². The number of hydrogen-bond donors (Lipinski definition) is 0. The van der Waals surface area contributed by atoms with Crippen LogP contribution in [0, 0.1) is 5.82 Å². The summed E-state index contributed by atoms with van der Waals surface area (Å²) < 4.78 is 14.7. The summed E-state index contributed by atoms with van der Waals surface area (Å²) in [6.07, 6.45) is 3.50. The summed E-state index contributed by atoms with van der Waals surface area (Å²) in [5.74, 6) is -0.420. The summed E-state index contributed by atoms with van der Waals surface area (Å²) in [5.41, 5.74) is 2.08. The SMILES string of the molecule is CN1CCC(N(C(=O)c2cn(Cc3ccc(F)cc3)nn2)c2ccccc2)CC1. The topological polar surface area (TPSA) is 54.3 Å². The van der Waals surface area contributed by atoms with Crippen LogP contribution in [0.2, 0.25) is 0 Å². The number of aromatic nitrogens is 3. The molecule has 1 aromatic heterocycles. The Kier molecular flexibility index (Phi) is 5.67. The monoisotopic (exact) mass is 393 g/mol. The molecule has 0 aliphatic carbocycles. The van der Waals surface area contributed by atoms with Gasteiger partial charge in [0, 0.05) is 11.7 Å². The van der Waals surface area contributed by atoms with Gasteiger partial charge in [0.2, 0.25) is 0 Å². The van der Waals surface area contributed by atoms with Crippen molar-refractivity contribution in [3.8, 4) is 0 Å². The molecule has 1 fully saturated rings. The quantitative estimate of drug-likeness (QED) is 0.668. The maximum atomic E-state index is 13.4. The first-order valence-corrected chi connectivity index (χ1v) is 9.82. The third-order valence-corrected chi connectivity index (χ3v) is 5.32. The van der Waals surface area contributed by atoms with E-state index in [1.165, 1.54) is 12.1 Å². The number of rotatable bonds is 5. The lowest BCUT2D eigenvalue weighted by Crippen LogP contribution is -2.47. The molecule has 0 atom stereocenters. The first-order valence-electron chi connectivity index (χ1n) is 9.82. The van der Waals surface area contributed by atoms with Crippen molar-refractivity contribution in [3.05, 3.63) is 77.9 Å². The van der Waals surface area contributed by atoms with E-state index in [0.29, 0.717) is 12.2 Å². The van der Waals surface area contributed by atoms with Gasteiger partial charge in [0.25, 0.3) is 5.91 Å². The molecule has 3 aromatic rings. The van der Waals surface area contributed by atoms with Crippen molar-refractivity contribution < 1.29 is 9.18 Å². The summed E-state index contributed by atoms with van der Waals surface area (Å²) >= 11 is 0. The van der Waals surface area contributed by atoms with E-state index < -0.39 is 0 Å². The van der Waals surface area contributed by atoms with Crippen LogP contribution in [0.4, 0.5) is 10.1 Å². The van der Waals surface area contributed by atoms with Gasteiger partial charge in [-0.25, -0.2) is 9.07 Å². The molecule has 4 rings (SSSR count). The van der Waals surface area contributed by atoms with Crippen LogP contribution in [0.15, 0.2) is 60.8 Å². The lowest BCUT2D eigenvalue weighted by Gasteiger charge is -2.37. The number of amides is 1. The molecule has 2 aromatic carbocycles. The molecule has 2 heterocycles. The van der Waals surface area contributed by atoms with Gasteiger partial charge in [0.1, 0.15) is 5.82 Å². The van der Waals surface area contributed by atoms with Gasteiger partial charge < -0.3 is 9.80 Å². The third-order valence-electron chi connectivity index (χ3n) is 5.32. The Labute approximate surface area is 169 Å². The second kappa shape index (κ2) is 8.53. The van der Waals surface area contributed by atoms with Crippen LogP contribution in [0.1, 0.15) is 28.9 Å². The summed E-state index contributed by atoms with van der Waals surface area (Å²) in [5, 5.41) is 8.23. The van der Waals surface area contributed by atoms with Gasteiger partial charge >= 0.3 is 0 Å². The van der Waals surface area contributed by atoms with Crippen molar-refractivity contribution in [2.75, 3.05) is 25.0 Å². The van der Waals surface area contributed by atoms with E-state index in [-0.39, 0.29) is 17.8 Å². The molecule has 0 N–H and O–H groups in total. The summed E-state index contributed by atoms with van der Waals surface area (Å²) in [7, 11) is 2.10. The summed E-state index contributed by atoms with van der Waals surface area (Å²) in [6.45, 7) is 2.34. The predicted octanol–water partition coefficient (Wildman–Crippen LogP) is 3.21. The van der Waals surface area contributed by atoms with E-state index in [0.717, 1.165) is 37.2 Å². The fraction of sp³-hybridized carbons (Fsp3) is 0.318. The standard InChI is InChI=1S/C22H24FN5O/c1-26-13-11-20(12-14-26)28(19-5-3-2-4-6-19)22(29)21-16-27(25-24-21)15-17-7-9-18(23)10-8-17/h2-10,16,20H,11-15H2,1H3. The largest absolute Gasteiger partial charge is 0.306 e. The van der Waals surface area contributed by atoms with E-state index in [2.05, 4.69) is 22.3 Å². The van der Waals surface area contributed by atoms with Crippen LogP contribution < -0.4 is 4.90 Å².